The van der Waals surface area contributed by atoms with Gasteiger partial charge in [0.05, 0.1) is 0 Å². The lowest BCUT2D eigenvalue weighted by molar-refractivity contribution is -0.142. The zero-order valence-corrected chi connectivity index (χ0v) is 16.5. The Balaban J connectivity index is 1.58. The Bertz CT molecular complexity index is 899. The van der Waals surface area contributed by atoms with Crippen LogP contribution in [0.25, 0.3) is 11.1 Å². The Morgan fingerprint density at radius 1 is 1.00 bits per heavy atom. The highest BCUT2D eigenvalue weighted by Crippen LogP contribution is 2.44. The first kappa shape index (κ1) is 21.3. The molecule has 0 radical (unpaired) electrons. The number of nitrogens with one attached hydrogen (secondary N) is 2. The van der Waals surface area contributed by atoms with Gasteiger partial charge in [0, 0.05) is 18.9 Å². The standard InChI is InChI=1S/C22H24N2O6/c1-13(20(26)24-19(10-11-25)21(27)28)23-22(29)30-12-18-16-8-4-2-6-14(16)15-7-3-5-9-17(15)18/h2-9,13,18-19,25H,10-12H2,1H3,(H,23,29)(H,24,26)(H,27,28)/t13-,19-/m1/s1. The maximum Gasteiger partial charge on any atom is 0.407 e. The zero-order chi connectivity index (χ0) is 21.7. The predicted molar refractivity (Wildman–Crippen MR) is 109 cm³/mol. The van der Waals surface area contributed by atoms with E-state index in [0.717, 1.165) is 22.3 Å². The van der Waals surface area contributed by atoms with Gasteiger partial charge in [-0.2, -0.15) is 0 Å². The average molecular weight is 412 g/mol. The maximum absolute atomic E-state index is 12.2. The average Bonchev–Trinajstić information content (AvgIpc) is 3.05. The fraction of sp³-hybridized carbons (Fsp3) is 0.318. The van der Waals surface area contributed by atoms with E-state index < -0.39 is 30.1 Å². The first-order chi connectivity index (χ1) is 14.4. The molecule has 0 heterocycles. The molecule has 4 N–H and O–H groups in total. The predicted octanol–water partition coefficient (Wildman–Crippen LogP) is 1.87. The molecule has 0 saturated carbocycles. The summed E-state index contributed by atoms with van der Waals surface area (Å²) in [5.74, 6) is -2.04. The quantitative estimate of drug-likeness (QED) is 0.525. The van der Waals surface area contributed by atoms with Gasteiger partial charge in [0.1, 0.15) is 18.7 Å². The van der Waals surface area contributed by atoms with Crippen LogP contribution in [-0.2, 0) is 14.3 Å². The van der Waals surface area contributed by atoms with Crippen molar-refractivity contribution in [1.29, 1.82) is 0 Å². The normalized spacial score (nSPS) is 14.2. The van der Waals surface area contributed by atoms with E-state index in [0.29, 0.717) is 0 Å². The molecule has 2 amide bonds. The van der Waals surface area contributed by atoms with Crippen LogP contribution in [-0.4, -0.2) is 53.5 Å². The third-order valence-corrected chi connectivity index (χ3v) is 5.10. The van der Waals surface area contributed by atoms with Gasteiger partial charge in [-0.05, 0) is 29.2 Å². The van der Waals surface area contributed by atoms with E-state index in [4.69, 9.17) is 14.9 Å². The van der Waals surface area contributed by atoms with E-state index in [1.807, 2.05) is 48.5 Å². The molecule has 0 aromatic heterocycles. The Morgan fingerprint density at radius 2 is 1.57 bits per heavy atom. The Labute approximate surface area is 173 Å². The largest absolute Gasteiger partial charge is 0.480 e. The lowest BCUT2D eigenvalue weighted by Gasteiger charge is -2.19. The number of amides is 2. The Kier molecular flexibility index (Phi) is 6.68. The number of carboxylic acid groups (broad SMARTS) is 1. The third-order valence-electron chi connectivity index (χ3n) is 5.10. The van der Waals surface area contributed by atoms with Crippen molar-refractivity contribution in [2.45, 2.75) is 31.3 Å². The molecule has 2 aromatic rings. The van der Waals surface area contributed by atoms with Gasteiger partial charge < -0.3 is 25.6 Å². The highest BCUT2D eigenvalue weighted by atomic mass is 16.5. The number of hydrogen-bond donors (Lipinski definition) is 4. The van der Waals surface area contributed by atoms with Crippen LogP contribution < -0.4 is 10.6 Å². The van der Waals surface area contributed by atoms with Crippen molar-refractivity contribution < 1.29 is 29.3 Å². The molecule has 2 aromatic carbocycles. The highest BCUT2D eigenvalue weighted by molar-refractivity contribution is 5.89. The van der Waals surface area contributed by atoms with Crippen molar-refractivity contribution in [3.8, 4) is 11.1 Å². The van der Waals surface area contributed by atoms with Gasteiger partial charge in [0.25, 0.3) is 0 Å². The van der Waals surface area contributed by atoms with Crippen LogP contribution in [0.15, 0.2) is 48.5 Å². The molecule has 2 atom stereocenters. The second kappa shape index (κ2) is 9.41. The maximum atomic E-state index is 12.2. The molecule has 1 aliphatic carbocycles. The molecule has 3 rings (SSSR count). The van der Waals surface area contributed by atoms with E-state index in [-0.39, 0.29) is 25.6 Å². The fourth-order valence-corrected chi connectivity index (χ4v) is 3.57. The van der Waals surface area contributed by atoms with Crippen molar-refractivity contribution >= 4 is 18.0 Å². The number of alkyl carbamates (subject to hydrolysis) is 1. The molecule has 1 aliphatic rings. The summed E-state index contributed by atoms with van der Waals surface area (Å²) in [6.45, 7) is 1.15. The second-order valence-corrected chi connectivity index (χ2v) is 7.10. The number of fused-ring (bicyclic) bond motifs is 3. The number of carboxylic acids is 1. The summed E-state index contributed by atoms with van der Waals surface area (Å²) < 4.78 is 5.37. The minimum atomic E-state index is -1.26. The van der Waals surface area contributed by atoms with Crippen LogP contribution in [0.5, 0.6) is 0 Å². The molecule has 0 unspecified atom stereocenters. The number of hydrogen-bond acceptors (Lipinski definition) is 5. The van der Waals surface area contributed by atoms with E-state index >= 15 is 0 Å². The number of aliphatic hydroxyl groups excluding tert-OH is 1. The molecule has 0 saturated heterocycles. The summed E-state index contributed by atoms with van der Waals surface area (Å²) in [4.78, 5) is 35.4. The van der Waals surface area contributed by atoms with E-state index in [2.05, 4.69) is 10.6 Å². The first-order valence-corrected chi connectivity index (χ1v) is 9.68. The lowest BCUT2D eigenvalue weighted by Crippen LogP contribution is -2.50. The van der Waals surface area contributed by atoms with Crippen LogP contribution in [0.3, 0.4) is 0 Å². The van der Waals surface area contributed by atoms with E-state index in [1.165, 1.54) is 6.92 Å². The summed E-state index contributed by atoms with van der Waals surface area (Å²) in [5, 5.41) is 22.6. The summed E-state index contributed by atoms with van der Waals surface area (Å²) in [6.07, 6.45) is -0.896. The molecule has 0 bridgehead atoms. The molecule has 158 valence electrons. The Morgan fingerprint density at radius 3 is 2.10 bits per heavy atom. The molecular formula is C22H24N2O6. The number of aliphatic hydroxyl groups is 1. The van der Waals surface area contributed by atoms with Gasteiger partial charge in [-0.25, -0.2) is 9.59 Å². The molecule has 0 spiro atoms. The van der Waals surface area contributed by atoms with Gasteiger partial charge >= 0.3 is 12.1 Å². The SMILES string of the molecule is C[C@@H](NC(=O)OCC1c2ccccc2-c2ccccc21)C(=O)N[C@H](CCO)C(=O)O. The smallest absolute Gasteiger partial charge is 0.407 e. The van der Waals surface area contributed by atoms with Crippen LogP contribution in [0, 0.1) is 0 Å². The minimum absolute atomic E-state index is 0.103. The van der Waals surface area contributed by atoms with Crippen molar-refractivity contribution in [2.24, 2.45) is 0 Å². The number of carbonyl (C=O) groups is 3. The second-order valence-electron chi connectivity index (χ2n) is 7.10. The number of carbonyl (C=O) groups excluding carboxylic acids is 2. The van der Waals surface area contributed by atoms with Crippen LogP contribution in [0.1, 0.15) is 30.4 Å². The van der Waals surface area contributed by atoms with E-state index in [1.54, 1.807) is 0 Å². The van der Waals surface area contributed by atoms with Crippen molar-refractivity contribution in [3.05, 3.63) is 59.7 Å². The zero-order valence-electron chi connectivity index (χ0n) is 16.5. The number of benzene rings is 2. The molecule has 30 heavy (non-hydrogen) atoms. The number of aliphatic carboxylic acids is 1. The highest BCUT2D eigenvalue weighted by Gasteiger charge is 2.29. The topological polar surface area (TPSA) is 125 Å². The van der Waals surface area contributed by atoms with Crippen molar-refractivity contribution in [3.63, 3.8) is 0 Å². The van der Waals surface area contributed by atoms with Gasteiger partial charge in [0.2, 0.25) is 5.91 Å². The molecule has 8 heteroatoms. The number of ether oxygens (including phenoxy) is 1. The summed E-state index contributed by atoms with van der Waals surface area (Å²) in [7, 11) is 0. The lowest BCUT2D eigenvalue weighted by atomic mass is 9.98. The Hall–Kier alpha value is -3.39. The van der Waals surface area contributed by atoms with Crippen molar-refractivity contribution in [1.82, 2.24) is 10.6 Å². The first-order valence-electron chi connectivity index (χ1n) is 9.68. The van der Waals surface area contributed by atoms with Crippen molar-refractivity contribution in [2.75, 3.05) is 13.2 Å². The number of rotatable bonds is 8. The van der Waals surface area contributed by atoms with Crippen LogP contribution in [0.2, 0.25) is 0 Å². The third kappa shape index (κ3) is 4.60. The molecular weight excluding hydrogens is 388 g/mol. The fourth-order valence-electron chi connectivity index (χ4n) is 3.57. The molecule has 0 aliphatic heterocycles. The summed E-state index contributed by atoms with van der Waals surface area (Å²) in [5.41, 5.74) is 4.37. The van der Waals surface area contributed by atoms with Gasteiger partial charge in [-0.1, -0.05) is 48.5 Å². The van der Waals surface area contributed by atoms with E-state index in [9.17, 15) is 14.4 Å². The molecule has 0 fully saturated rings. The van der Waals surface area contributed by atoms with Gasteiger partial charge in [0.15, 0.2) is 0 Å². The van der Waals surface area contributed by atoms with Gasteiger partial charge in [-0.15, -0.1) is 0 Å². The van der Waals surface area contributed by atoms with Crippen LogP contribution in [0.4, 0.5) is 4.79 Å². The summed E-state index contributed by atoms with van der Waals surface area (Å²) in [6, 6.07) is 13.7. The monoisotopic (exact) mass is 412 g/mol. The van der Waals surface area contributed by atoms with Crippen LogP contribution >= 0.6 is 0 Å². The summed E-state index contributed by atoms with van der Waals surface area (Å²) >= 11 is 0. The van der Waals surface area contributed by atoms with Gasteiger partial charge in [-0.3, -0.25) is 4.79 Å². The molecule has 8 nitrogen and oxygen atoms in total. The minimum Gasteiger partial charge on any atom is -0.480 e.